The lowest BCUT2D eigenvalue weighted by atomic mass is 9.89. The molecule has 1 unspecified atom stereocenters. The number of hydrogen-bond acceptors (Lipinski definition) is 2. The van der Waals surface area contributed by atoms with Gasteiger partial charge in [-0.1, -0.05) is 35.8 Å². The Bertz CT molecular complexity index is 378. The van der Waals surface area contributed by atoms with Crippen molar-refractivity contribution in [3.8, 4) is 0 Å². The number of fused-ring (bicyclic) bond motifs is 1. The van der Waals surface area contributed by atoms with Gasteiger partial charge in [-0.3, -0.25) is 0 Å². The van der Waals surface area contributed by atoms with Crippen LogP contribution in [0.4, 0.5) is 0 Å². The number of halogens is 1. The minimum Gasteiger partial charge on any atom is -0.301 e. The molecule has 0 saturated heterocycles. The zero-order chi connectivity index (χ0) is 12.3. The van der Waals surface area contributed by atoms with E-state index in [1.165, 1.54) is 15.6 Å². The van der Waals surface area contributed by atoms with Gasteiger partial charge < -0.3 is 4.84 Å². The third kappa shape index (κ3) is 3.80. The first-order valence-electron chi connectivity index (χ1n) is 6.30. The molecular formula is C14H20BrNO. The number of nitrogens with one attached hydrogen (secondary N) is 1. The van der Waals surface area contributed by atoms with Gasteiger partial charge in [-0.25, -0.2) is 0 Å². The standard InChI is InChI=1S/C14H20BrNO/c1-10(2)9-17-16-14-6-4-11-7-13(15)5-3-12(11)8-14/h3,5,7,10,14,16H,4,6,8-9H2,1-2H3. The minimum absolute atomic E-state index is 0.461. The van der Waals surface area contributed by atoms with Crippen LogP contribution in [0.1, 0.15) is 31.4 Å². The summed E-state index contributed by atoms with van der Waals surface area (Å²) in [5.41, 5.74) is 6.12. The number of hydrogen-bond donors (Lipinski definition) is 1. The molecule has 1 atom stereocenters. The molecule has 1 aromatic rings. The van der Waals surface area contributed by atoms with E-state index in [-0.39, 0.29) is 0 Å². The van der Waals surface area contributed by atoms with Crippen molar-refractivity contribution >= 4 is 15.9 Å². The van der Waals surface area contributed by atoms with E-state index in [0.29, 0.717) is 12.0 Å². The highest BCUT2D eigenvalue weighted by molar-refractivity contribution is 9.10. The predicted octanol–water partition coefficient (Wildman–Crippen LogP) is 3.48. The first-order valence-corrected chi connectivity index (χ1v) is 7.09. The molecule has 0 bridgehead atoms. The van der Waals surface area contributed by atoms with Crippen molar-refractivity contribution in [1.82, 2.24) is 5.48 Å². The predicted molar refractivity (Wildman–Crippen MR) is 73.9 cm³/mol. The van der Waals surface area contributed by atoms with Gasteiger partial charge in [0.25, 0.3) is 0 Å². The molecule has 0 amide bonds. The van der Waals surface area contributed by atoms with Crippen LogP contribution in [0.3, 0.4) is 0 Å². The number of aryl methyl sites for hydroxylation is 1. The first-order chi connectivity index (χ1) is 8.15. The summed E-state index contributed by atoms with van der Waals surface area (Å²) in [6, 6.07) is 7.04. The molecular weight excluding hydrogens is 278 g/mol. The normalized spacial score (nSPS) is 19.4. The highest BCUT2D eigenvalue weighted by Gasteiger charge is 2.18. The summed E-state index contributed by atoms with van der Waals surface area (Å²) in [6.07, 6.45) is 3.36. The molecule has 1 N–H and O–H groups in total. The van der Waals surface area contributed by atoms with E-state index in [2.05, 4.69) is 53.5 Å². The van der Waals surface area contributed by atoms with Crippen molar-refractivity contribution in [1.29, 1.82) is 0 Å². The zero-order valence-electron chi connectivity index (χ0n) is 10.5. The van der Waals surface area contributed by atoms with Gasteiger partial charge in [-0.2, -0.15) is 5.48 Å². The van der Waals surface area contributed by atoms with E-state index < -0.39 is 0 Å². The van der Waals surface area contributed by atoms with Crippen molar-refractivity contribution in [2.24, 2.45) is 5.92 Å². The second-order valence-corrected chi connectivity index (χ2v) is 6.09. The van der Waals surface area contributed by atoms with E-state index >= 15 is 0 Å². The van der Waals surface area contributed by atoms with Crippen LogP contribution >= 0.6 is 15.9 Å². The second-order valence-electron chi connectivity index (χ2n) is 5.18. The Labute approximate surface area is 112 Å². The summed E-state index contributed by atoms with van der Waals surface area (Å²) in [7, 11) is 0. The molecule has 0 aliphatic heterocycles. The van der Waals surface area contributed by atoms with Crippen LogP contribution in [0.15, 0.2) is 22.7 Å². The molecule has 2 nitrogen and oxygen atoms in total. The fraction of sp³-hybridized carbons (Fsp3) is 0.571. The Morgan fingerprint density at radius 1 is 1.41 bits per heavy atom. The van der Waals surface area contributed by atoms with Crippen molar-refractivity contribution in [2.75, 3.05) is 6.61 Å². The van der Waals surface area contributed by atoms with E-state index in [0.717, 1.165) is 25.9 Å². The molecule has 94 valence electrons. The molecule has 17 heavy (non-hydrogen) atoms. The largest absolute Gasteiger partial charge is 0.301 e. The maximum Gasteiger partial charge on any atom is 0.0705 e. The number of rotatable bonds is 4. The molecule has 2 rings (SSSR count). The Morgan fingerprint density at radius 3 is 3.00 bits per heavy atom. The number of benzene rings is 1. The van der Waals surface area contributed by atoms with E-state index in [1.807, 2.05) is 0 Å². The van der Waals surface area contributed by atoms with Gasteiger partial charge >= 0.3 is 0 Å². The molecule has 0 spiro atoms. The molecule has 0 fully saturated rings. The maximum absolute atomic E-state index is 5.51. The molecule has 0 saturated carbocycles. The van der Waals surface area contributed by atoms with Crippen LogP contribution in [-0.4, -0.2) is 12.6 Å². The Kier molecular flexibility index (Phi) is 4.60. The van der Waals surface area contributed by atoms with Crippen molar-refractivity contribution in [3.05, 3.63) is 33.8 Å². The molecule has 0 aromatic heterocycles. The van der Waals surface area contributed by atoms with Crippen LogP contribution in [-0.2, 0) is 17.7 Å². The lowest BCUT2D eigenvalue weighted by Gasteiger charge is -2.25. The summed E-state index contributed by atoms with van der Waals surface area (Å²) in [5, 5.41) is 0. The summed E-state index contributed by atoms with van der Waals surface area (Å²) in [4.78, 5) is 5.51. The molecule has 1 aliphatic carbocycles. The molecule has 1 aromatic carbocycles. The van der Waals surface area contributed by atoms with Crippen molar-refractivity contribution in [3.63, 3.8) is 0 Å². The third-order valence-corrected chi connectivity index (χ3v) is 3.56. The number of hydroxylamine groups is 1. The smallest absolute Gasteiger partial charge is 0.0705 e. The van der Waals surface area contributed by atoms with Gasteiger partial charge in [-0.05, 0) is 48.4 Å². The van der Waals surface area contributed by atoms with Gasteiger partial charge in [0.15, 0.2) is 0 Å². The Balaban J connectivity index is 1.88. The SMILES string of the molecule is CC(C)CONC1CCc2cc(Br)ccc2C1. The van der Waals surface area contributed by atoms with Gasteiger partial charge in [0, 0.05) is 10.5 Å². The fourth-order valence-corrected chi connectivity index (χ4v) is 2.57. The lowest BCUT2D eigenvalue weighted by molar-refractivity contribution is -0.00190. The summed E-state index contributed by atoms with van der Waals surface area (Å²) in [5.74, 6) is 0.578. The monoisotopic (exact) mass is 297 g/mol. The third-order valence-electron chi connectivity index (χ3n) is 3.06. The van der Waals surface area contributed by atoms with Crippen molar-refractivity contribution < 1.29 is 4.84 Å². The maximum atomic E-state index is 5.51. The summed E-state index contributed by atoms with van der Waals surface area (Å²) >= 11 is 3.52. The van der Waals surface area contributed by atoms with Crippen molar-refractivity contribution in [2.45, 2.75) is 39.2 Å². The quantitative estimate of drug-likeness (QED) is 0.859. The van der Waals surface area contributed by atoms with Gasteiger partial charge in [0.05, 0.1) is 6.61 Å². The summed E-state index contributed by atoms with van der Waals surface area (Å²) in [6.45, 7) is 5.11. The molecule has 1 aliphatic rings. The van der Waals surface area contributed by atoms with Gasteiger partial charge in [-0.15, -0.1) is 0 Å². The van der Waals surface area contributed by atoms with Gasteiger partial charge in [0.2, 0.25) is 0 Å². The molecule has 0 heterocycles. The average molecular weight is 298 g/mol. The highest BCUT2D eigenvalue weighted by atomic mass is 79.9. The molecule has 0 radical (unpaired) electrons. The minimum atomic E-state index is 0.461. The Morgan fingerprint density at radius 2 is 2.24 bits per heavy atom. The van der Waals surface area contributed by atoms with E-state index in [9.17, 15) is 0 Å². The lowest BCUT2D eigenvalue weighted by Crippen LogP contribution is -2.35. The molecule has 3 heteroatoms. The van der Waals surface area contributed by atoms with Crippen LogP contribution < -0.4 is 5.48 Å². The van der Waals surface area contributed by atoms with E-state index in [4.69, 9.17) is 4.84 Å². The van der Waals surface area contributed by atoms with Crippen LogP contribution in [0.2, 0.25) is 0 Å². The van der Waals surface area contributed by atoms with Gasteiger partial charge in [0.1, 0.15) is 0 Å². The van der Waals surface area contributed by atoms with Crippen LogP contribution in [0.25, 0.3) is 0 Å². The topological polar surface area (TPSA) is 21.3 Å². The zero-order valence-corrected chi connectivity index (χ0v) is 12.1. The van der Waals surface area contributed by atoms with Crippen LogP contribution in [0, 0.1) is 5.92 Å². The fourth-order valence-electron chi connectivity index (χ4n) is 2.16. The van der Waals surface area contributed by atoms with E-state index in [1.54, 1.807) is 0 Å². The highest BCUT2D eigenvalue weighted by Crippen LogP contribution is 2.24. The summed E-state index contributed by atoms with van der Waals surface area (Å²) < 4.78 is 1.18. The first kappa shape index (κ1) is 13.1. The Hall–Kier alpha value is -0.380. The van der Waals surface area contributed by atoms with Crippen LogP contribution in [0.5, 0.6) is 0 Å². The average Bonchev–Trinajstić information content (AvgIpc) is 2.29. The second kappa shape index (κ2) is 5.98.